The topological polar surface area (TPSA) is 43.8 Å². The second kappa shape index (κ2) is 5.44. The van der Waals surface area contributed by atoms with Crippen molar-refractivity contribution < 1.29 is 9.90 Å². The van der Waals surface area contributed by atoms with Crippen LogP contribution in [0.3, 0.4) is 0 Å². The third-order valence-corrected chi connectivity index (χ3v) is 3.28. The molecule has 1 fully saturated rings. The number of nitrogens with zero attached hydrogens (tertiary/aromatic N) is 2. The van der Waals surface area contributed by atoms with Crippen molar-refractivity contribution >= 4 is 19.6 Å². The van der Waals surface area contributed by atoms with Crippen LogP contribution in [0.15, 0.2) is 30.3 Å². The average molecular weight is 244 g/mol. The average Bonchev–Trinajstić information content (AvgIpc) is 2.28. The van der Waals surface area contributed by atoms with Crippen LogP contribution >= 0.6 is 0 Å². The van der Waals surface area contributed by atoms with Gasteiger partial charge in [-0.05, 0) is 19.1 Å². The van der Waals surface area contributed by atoms with E-state index in [4.69, 9.17) is 13.1 Å². The maximum atomic E-state index is 11.0. The van der Waals surface area contributed by atoms with Gasteiger partial charge in [0, 0.05) is 24.8 Å². The first kappa shape index (κ1) is 13.0. The molecule has 18 heavy (non-hydrogen) atoms. The van der Waals surface area contributed by atoms with E-state index in [0.29, 0.717) is 6.54 Å². The van der Waals surface area contributed by atoms with E-state index in [1.807, 2.05) is 30.3 Å². The Morgan fingerprint density at radius 3 is 2.67 bits per heavy atom. The minimum atomic E-state index is -0.788. The van der Waals surface area contributed by atoms with Crippen LogP contribution in [0.5, 0.6) is 0 Å². The molecular weight excluding hydrogens is 227 g/mol. The van der Waals surface area contributed by atoms with E-state index in [9.17, 15) is 4.79 Å². The first-order valence-corrected chi connectivity index (χ1v) is 6.12. The fourth-order valence-corrected chi connectivity index (χ4v) is 2.65. The van der Waals surface area contributed by atoms with Gasteiger partial charge in [-0.2, -0.15) is 0 Å². The van der Waals surface area contributed by atoms with Crippen molar-refractivity contribution in [2.75, 3.05) is 18.0 Å². The summed E-state index contributed by atoms with van der Waals surface area (Å²) in [6.45, 7) is 3.39. The fourth-order valence-electron chi connectivity index (χ4n) is 2.65. The van der Waals surface area contributed by atoms with Crippen molar-refractivity contribution in [3.05, 3.63) is 30.3 Å². The number of carbonyl (C=O) groups is 1. The van der Waals surface area contributed by atoms with Gasteiger partial charge in [0.15, 0.2) is 7.98 Å². The van der Waals surface area contributed by atoms with Gasteiger partial charge in [-0.15, -0.1) is 0 Å². The molecule has 1 N–H and O–H groups in total. The smallest absolute Gasteiger partial charge is 0.305 e. The van der Waals surface area contributed by atoms with Gasteiger partial charge in [-0.25, -0.2) is 0 Å². The van der Waals surface area contributed by atoms with Gasteiger partial charge in [-0.3, -0.25) is 4.79 Å². The highest BCUT2D eigenvalue weighted by atomic mass is 16.4. The number of para-hydroxylation sites is 1. The van der Waals surface area contributed by atoms with Gasteiger partial charge < -0.3 is 14.8 Å². The second-order valence-electron chi connectivity index (χ2n) is 4.80. The molecule has 0 amide bonds. The zero-order chi connectivity index (χ0) is 13.1. The van der Waals surface area contributed by atoms with Crippen molar-refractivity contribution in [2.24, 2.45) is 0 Å². The van der Waals surface area contributed by atoms with Crippen molar-refractivity contribution in [1.82, 2.24) is 4.81 Å². The minimum Gasteiger partial charge on any atom is -0.481 e. The van der Waals surface area contributed by atoms with Gasteiger partial charge in [-0.1, -0.05) is 18.2 Å². The van der Waals surface area contributed by atoms with E-state index in [-0.39, 0.29) is 18.5 Å². The van der Waals surface area contributed by atoms with E-state index in [1.54, 1.807) is 4.81 Å². The van der Waals surface area contributed by atoms with Gasteiger partial charge in [0.05, 0.1) is 12.5 Å². The number of carboxylic acid groups (broad SMARTS) is 1. The minimum absolute atomic E-state index is 0.0846. The van der Waals surface area contributed by atoms with Crippen LogP contribution in [0.2, 0.25) is 0 Å². The molecule has 2 rings (SSSR count). The Morgan fingerprint density at radius 1 is 1.39 bits per heavy atom. The van der Waals surface area contributed by atoms with Crippen LogP contribution in [0.4, 0.5) is 5.69 Å². The Morgan fingerprint density at radius 2 is 2.06 bits per heavy atom. The number of aliphatic carboxylic acids is 1. The molecule has 2 unspecified atom stereocenters. The molecule has 1 heterocycles. The van der Waals surface area contributed by atoms with Crippen LogP contribution in [0.1, 0.15) is 13.3 Å². The molecule has 2 atom stereocenters. The Labute approximate surface area is 109 Å². The Hall–Kier alpha value is -1.49. The molecule has 1 aromatic carbocycles. The summed E-state index contributed by atoms with van der Waals surface area (Å²) in [7, 11) is 5.85. The fraction of sp³-hybridized carbons (Fsp3) is 0.462. The van der Waals surface area contributed by atoms with E-state index >= 15 is 0 Å². The zero-order valence-electron chi connectivity index (χ0n) is 10.5. The molecule has 2 radical (unpaired) electrons. The maximum Gasteiger partial charge on any atom is 0.305 e. The van der Waals surface area contributed by atoms with Crippen LogP contribution in [-0.4, -0.2) is 49.0 Å². The third-order valence-electron chi connectivity index (χ3n) is 3.28. The quantitative estimate of drug-likeness (QED) is 0.809. The Kier molecular flexibility index (Phi) is 3.92. The monoisotopic (exact) mass is 244 g/mol. The summed E-state index contributed by atoms with van der Waals surface area (Å²) in [5, 5.41) is 9.02. The number of anilines is 1. The first-order chi connectivity index (χ1) is 8.58. The molecule has 0 aromatic heterocycles. The molecule has 5 heteroatoms. The molecule has 0 bridgehead atoms. The third kappa shape index (κ3) is 2.85. The van der Waals surface area contributed by atoms with Crippen LogP contribution < -0.4 is 4.90 Å². The summed E-state index contributed by atoms with van der Waals surface area (Å²) in [6.07, 6.45) is 0.104. The molecule has 0 spiro atoms. The highest BCUT2D eigenvalue weighted by molar-refractivity contribution is 6.04. The molecule has 1 aromatic rings. The van der Waals surface area contributed by atoms with Crippen LogP contribution in [0, 0.1) is 0 Å². The summed E-state index contributed by atoms with van der Waals surface area (Å²) in [5.74, 6) is -0.788. The number of piperazine rings is 1. The number of hydrogen-bond acceptors (Lipinski definition) is 3. The lowest BCUT2D eigenvalue weighted by molar-refractivity contribution is -0.137. The molecule has 0 saturated carbocycles. The highest BCUT2D eigenvalue weighted by Crippen LogP contribution is 2.25. The summed E-state index contributed by atoms with van der Waals surface area (Å²) in [5.41, 5.74) is 1.06. The summed E-state index contributed by atoms with van der Waals surface area (Å²) >= 11 is 0. The van der Waals surface area contributed by atoms with Crippen molar-refractivity contribution in [2.45, 2.75) is 25.4 Å². The largest absolute Gasteiger partial charge is 0.481 e. The van der Waals surface area contributed by atoms with Crippen molar-refractivity contribution in [1.29, 1.82) is 0 Å². The van der Waals surface area contributed by atoms with Gasteiger partial charge in [0.25, 0.3) is 0 Å². The van der Waals surface area contributed by atoms with Crippen LogP contribution in [-0.2, 0) is 4.79 Å². The molecule has 1 saturated heterocycles. The molecular formula is C13H17BN2O2. The summed E-state index contributed by atoms with van der Waals surface area (Å²) < 4.78 is 0. The Balaban J connectivity index is 2.24. The summed E-state index contributed by atoms with van der Waals surface area (Å²) in [6, 6.07) is 10.0. The summed E-state index contributed by atoms with van der Waals surface area (Å²) in [4.78, 5) is 14.8. The lowest BCUT2D eigenvalue weighted by atomic mass is 10.00. The zero-order valence-corrected chi connectivity index (χ0v) is 10.5. The number of benzene rings is 1. The van der Waals surface area contributed by atoms with E-state index in [1.165, 1.54) is 0 Å². The normalized spacial score (nSPS) is 25.1. The highest BCUT2D eigenvalue weighted by Gasteiger charge is 2.31. The molecule has 0 aliphatic carbocycles. The first-order valence-electron chi connectivity index (χ1n) is 6.12. The van der Waals surface area contributed by atoms with E-state index in [0.717, 1.165) is 12.2 Å². The van der Waals surface area contributed by atoms with Gasteiger partial charge in [0.1, 0.15) is 0 Å². The molecule has 94 valence electrons. The standard InChI is InChI=1S/C13H17BN2O2/c1-10-8-15(14)9-12(7-13(17)18)16(10)11-5-3-2-4-6-11/h2-6,10,12H,7-9H2,1H3,(H,17,18). The van der Waals surface area contributed by atoms with Crippen molar-refractivity contribution in [3.8, 4) is 0 Å². The van der Waals surface area contributed by atoms with E-state index in [2.05, 4.69) is 11.8 Å². The van der Waals surface area contributed by atoms with Crippen LogP contribution in [0.25, 0.3) is 0 Å². The predicted molar refractivity (Wildman–Crippen MR) is 71.8 cm³/mol. The SMILES string of the molecule is [B]N1CC(C)N(c2ccccc2)C(CC(=O)O)C1. The number of carboxylic acids is 1. The lowest BCUT2D eigenvalue weighted by Gasteiger charge is -2.46. The number of hydrogen-bond donors (Lipinski definition) is 1. The number of rotatable bonds is 3. The van der Waals surface area contributed by atoms with Gasteiger partial charge in [0.2, 0.25) is 0 Å². The maximum absolute atomic E-state index is 11.0. The van der Waals surface area contributed by atoms with E-state index < -0.39 is 5.97 Å². The second-order valence-corrected chi connectivity index (χ2v) is 4.80. The molecule has 1 aliphatic heterocycles. The van der Waals surface area contributed by atoms with Gasteiger partial charge >= 0.3 is 5.97 Å². The Bertz CT molecular complexity index is 413. The molecule has 4 nitrogen and oxygen atoms in total. The molecule has 1 aliphatic rings. The predicted octanol–water partition coefficient (Wildman–Crippen LogP) is 1.12. The lowest BCUT2D eigenvalue weighted by Crippen LogP contribution is -2.57. The van der Waals surface area contributed by atoms with Crippen molar-refractivity contribution in [3.63, 3.8) is 0 Å².